The Bertz CT molecular complexity index is 1170. The molecule has 2 amide bonds. The summed E-state index contributed by atoms with van der Waals surface area (Å²) in [7, 11) is 0. The number of anilines is 1. The summed E-state index contributed by atoms with van der Waals surface area (Å²) in [5, 5.41) is 12.9. The second-order valence-corrected chi connectivity index (χ2v) is 10.2. The van der Waals surface area contributed by atoms with Crippen LogP contribution in [-0.2, 0) is 19.7 Å². The van der Waals surface area contributed by atoms with Crippen molar-refractivity contribution in [3.63, 3.8) is 0 Å². The molecule has 0 bridgehead atoms. The number of piperazine rings is 1. The number of ether oxygens (including phenoxy) is 1. The standard InChI is InChI=1S/C28H33N5O3/c1-20-17-32(25(16-30-20)27(35)31-10-12-36-13-11-31)18-26(34)33-19-28(2,22-6-4-3-5-7-22)23-9-8-21(15-29)14-24(23)33/h3-9,14,20,25,30H,10-13,16-19H2,1-2H3/t20-,25-,28-/m1/s1. The Morgan fingerprint density at radius 1 is 1.17 bits per heavy atom. The molecule has 0 spiro atoms. The van der Waals surface area contributed by atoms with Crippen molar-refractivity contribution in [3.05, 3.63) is 65.2 Å². The fourth-order valence-corrected chi connectivity index (χ4v) is 5.71. The van der Waals surface area contributed by atoms with Gasteiger partial charge in [0, 0.05) is 49.9 Å². The lowest BCUT2D eigenvalue weighted by atomic mass is 9.78. The first-order valence-electron chi connectivity index (χ1n) is 12.6. The third-order valence-corrected chi connectivity index (χ3v) is 7.75. The van der Waals surface area contributed by atoms with Gasteiger partial charge in [0.05, 0.1) is 31.4 Å². The van der Waals surface area contributed by atoms with Crippen LogP contribution in [0.25, 0.3) is 0 Å². The third kappa shape index (κ3) is 4.50. The summed E-state index contributed by atoms with van der Waals surface area (Å²) in [5.41, 5.74) is 3.09. The van der Waals surface area contributed by atoms with Crippen molar-refractivity contribution >= 4 is 17.5 Å². The highest BCUT2D eigenvalue weighted by atomic mass is 16.5. The molecule has 0 aromatic heterocycles. The van der Waals surface area contributed by atoms with Crippen LogP contribution in [0.5, 0.6) is 0 Å². The zero-order chi connectivity index (χ0) is 25.3. The molecule has 2 fully saturated rings. The number of hydrogen-bond acceptors (Lipinski definition) is 6. The molecule has 0 unspecified atom stereocenters. The molecule has 3 heterocycles. The molecule has 8 nitrogen and oxygen atoms in total. The molecule has 0 aliphatic carbocycles. The van der Waals surface area contributed by atoms with E-state index in [2.05, 4.69) is 37.4 Å². The van der Waals surface area contributed by atoms with Crippen LogP contribution in [0.15, 0.2) is 48.5 Å². The van der Waals surface area contributed by atoms with Gasteiger partial charge >= 0.3 is 0 Å². The van der Waals surface area contributed by atoms with E-state index in [1.54, 1.807) is 0 Å². The summed E-state index contributed by atoms with van der Waals surface area (Å²) in [4.78, 5) is 32.9. The Morgan fingerprint density at radius 3 is 2.64 bits per heavy atom. The van der Waals surface area contributed by atoms with E-state index in [1.807, 2.05) is 51.1 Å². The summed E-state index contributed by atoms with van der Waals surface area (Å²) in [6, 6.07) is 17.8. The minimum absolute atomic E-state index is 0.0493. The predicted octanol–water partition coefficient (Wildman–Crippen LogP) is 1.73. The van der Waals surface area contributed by atoms with Crippen LogP contribution < -0.4 is 10.2 Å². The molecular weight excluding hydrogens is 454 g/mol. The lowest BCUT2D eigenvalue weighted by Gasteiger charge is -2.41. The van der Waals surface area contributed by atoms with Crippen molar-refractivity contribution in [2.24, 2.45) is 0 Å². The maximum absolute atomic E-state index is 13.9. The Balaban J connectivity index is 1.42. The van der Waals surface area contributed by atoms with Crippen molar-refractivity contribution in [1.29, 1.82) is 5.26 Å². The molecular formula is C28H33N5O3. The normalized spacial score (nSPS) is 26.4. The van der Waals surface area contributed by atoms with Gasteiger partial charge < -0.3 is 19.9 Å². The average molecular weight is 488 g/mol. The molecule has 0 radical (unpaired) electrons. The molecule has 3 aliphatic heterocycles. The second kappa shape index (κ2) is 10.0. The van der Waals surface area contributed by atoms with Gasteiger partial charge in [0.1, 0.15) is 6.04 Å². The van der Waals surface area contributed by atoms with E-state index >= 15 is 0 Å². The number of rotatable bonds is 4. The SMILES string of the molecule is C[C@@H]1CN(CC(=O)N2C[C@](C)(c3ccccc3)c3ccc(C#N)cc32)[C@@H](C(=O)N2CCOCC2)CN1. The Hall–Kier alpha value is -3.25. The Kier molecular flexibility index (Phi) is 6.80. The number of amides is 2. The van der Waals surface area contributed by atoms with Gasteiger partial charge in [0.2, 0.25) is 11.8 Å². The number of benzene rings is 2. The number of morpholine rings is 1. The highest BCUT2D eigenvalue weighted by Crippen LogP contribution is 2.45. The lowest BCUT2D eigenvalue weighted by molar-refractivity contribution is -0.142. The highest BCUT2D eigenvalue weighted by molar-refractivity contribution is 5.98. The van der Waals surface area contributed by atoms with E-state index in [0.717, 1.165) is 16.8 Å². The van der Waals surface area contributed by atoms with Crippen molar-refractivity contribution in [2.75, 3.05) is 57.4 Å². The maximum atomic E-state index is 13.9. The van der Waals surface area contributed by atoms with Gasteiger partial charge in [-0.05, 0) is 37.1 Å². The van der Waals surface area contributed by atoms with E-state index in [1.165, 1.54) is 0 Å². The Morgan fingerprint density at radius 2 is 1.92 bits per heavy atom. The average Bonchev–Trinajstić information content (AvgIpc) is 3.22. The van der Waals surface area contributed by atoms with Crippen molar-refractivity contribution in [1.82, 2.24) is 15.1 Å². The number of nitrogens with zero attached hydrogens (tertiary/aromatic N) is 4. The number of nitriles is 1. The first kappa shape index (κ1) is 24.4. The van der Waals surface area contributed by atoms with Crippen LogP contribution in [0.2, 0.25) is 0 Å². The van der Waals surface area contributed by atoms with E-state index in [-0.39, 0.29) is 29.8 Å². The van der Waals surface area contributed by atoms with Gasteiger partial charge in [0.25, 0.3) is 0 Å². The Labute approximate surface area is 212 Å². The van der Waals surface area contributed by atoms with E-state index in [0.29, 0.717) is 51.5 Å². The van der Waals surface area contributed by atoms with E-state index in [9.17, 15) is 14.9 Å². The number of fused-ring (bicyclic) bond motifs is 1. The molecule has 3 atom stereocenters. The van der Waals surface area contributed by atoms with Gasteiger partial charge in [-0.15, -0.1) is 0 Å². The molecule has 3 aliphatic rings. The molecule has 2 saturated heterocycles. The molecule has 1 N–H and O–H groups in total. The zero-order valence-corrected chi connectivity index (χ0v) is 20.9. The number of nitrogens with one attached hydrogen (secondary N) is 1. The fraction of sp³-hybridized carbons (Fsp3) is 0.464. The minimum Gasteiger partial charge on any atom is -0.378 e. The van der Waals surface area contributed by atoms with Crippen LogP contribution in [0.3, 0.4) is 0 Å². The first-order chi connectivity index (χ1) is 17.4. The van der Waals surface area contributed by atoms with Crippen molar-refractivity contribution in [2.45, 2.75) is 31.3 Å². The summed E-state index contributed by atoms with van der Waals surface area (Å²) < 4.78 is 5.41. The smallest absolute Gasteiger partial charge is 0.241 e. The minimum atomic E-state index is -0.392. The highest BCUT2D eigenvalue weighted by Gasteiger charge is 2.44. The maximum Gasteiger partial charge on any atom is 0.241 e. The van der Waals surface area contributed by atoms with Gasteiger partial charge in [-0.2, -0.15) is 5.26 Å². The summed E-state index contributed by atoms with van der Waals surface area (Å²) >= 11 is 0. The van der Waals surface area contributed by atoms with Gasteiger partial charge in [0.15, 0.2) is 0 Å². The predicted molar refractivity (Wildman–Crippen MR) is 137 cm³/mol. The quantitative estimate of drug-likeness (QED) is 0.707. The lowest BCUT2D eigenvalue weighted by Crippen LogP contribution is -2.63. The molecule has 188 valence electrons. The monoisotopic (exact) mass is 487 g/mol. The van der Waals surface area contributed by atoms with Crippen LogP contribution in [0, 0.1) is 11.3 Å². The molecule has 2 aromatic carbocycles. The second-order valence-electron chi connectivity index (χ2n) is 10.2. The van der Waals surface area contributed by atoms with Gasteiger partial charge in [-0.1, -0.05) is 36.4 Å². The number of hydrogen-bond donors (Lipinski definition) is 1. The first-order valence-corrected chi connectivity index (χ1v) is 12.6. The van der Waals surface area contributed by atoms with Crippen LogP contribution in [-0.4, -0.2) is 86.2 Å². The summed E-state index contributed by atoms with van der Waals surface area (Å²) in [6.07, 6.45) is 0. The zero-order valence-electron chi connectivity index (χ0n) is 20.9. The summed E-state index contributed by atoms with van der Waals surface area (Å²) in [5.74, 6) is -0.00640. The number of carbonyl (C=O) groups is 2. The van der Waals surface area contributed by atoms with E-state index < -0.39 is 6.04 Å². The van der Waals surface area contributed by atoms with E-state index in [4.69, 9.17) is 4.74 Å². The van der Waals surface area contributed by atoms with Crippen molar-refractivity contribution in [3.8, 4) is 6.07 Å². The summed E-state index contributed by atoms with van der Waals surface area (Å²) in [6.45, 7) is 8.25. The molecule has 0 saturated carbocycles. The topological polar surface area (TPSA) is 88.9 Å². The van der Waals surface area contributed by atoms with Crippen LogP contribution >= 0.6 is 0 Å². The fourth-order valence-electron chi connectivity index (χ4n) is 5.71. The third-order valence-electron chi connectivity index (χ3n) is 7.75. The van der Waals surface area contributed by atoms with Crippen LogP contribution in [0.1, 0.15) is 30.5 Å². The van der Waals surface area contributed by atoms with Gasteiger partial charge in [-0.3, -0.25) is 14.5 Å². The molecule has 36 heavy (non-hydrogen) atoms. The van der Waals surface area contributed by atoms with Crippen molar-refractivity contribution < 1.29 is 14.3 Å². The number of carbonyl (C=O) groups excluding carboxylic acids is 2. The molecule has 5 rings (SSSR count). The largest absolute Gasteiger partial charge is 0.378 e. The van der Waals surface area contributed by atoms with Crippen LogP contribution in [0.4, 0.5) is 5.69 Å². The molecule has 8 heteroatoms. The van der Waals surface area contributed by atoms with Gasteiger partial charge in [-0.25, -0.2) is 0 Å². The molecule has 2 aromatic rings.